The zero-order chi connectivity index (χ0) is 26.0. The minimum Gasteiger partial charge on any atom is -0.484 e. The summed E-state index contributed by atoms with van der Waals surface area (Å²) in [5, 5.41) is 3.24. The van der Waals surface area contributed by atoms with E-state index in [1.165, 1.54) is 30.7 Å². The highest BCUT2D eigenvalue weighted by molar-refractivity contribution is 5.88. The predicted molar refractivity (Wildman–Crippen MR) is 143 cm³/mol. The summed E-state index contributed by atoms with van der Waals surface area (Å²) in [6.45, 7) is 2.04. The smallest absolute Gasteiger partial charge is 0.261 e. The van der Waals surface area contributed by atoms with E-state index < -0.39 is 6.04 Å². The topological polar surface area (TPSA) is 58.6 Å². The molecule has 1 N–H and O–H groups in total. The third kappa shape index (κ3) is 7.66. The number of aryl methyl sites for hydroxylation is 1. The lowest BCUT2D eigenvalue weighted by atomic mass is 9.94. The Balaban J connectivity index is 1.61. The molecule has 0 heterocycles. The van der Waals surface area contributed by atoms with Gasteiger partial charge in [0.1, 0.15) is 17.6 Å². The molecule has 6 heteroatoms. The summed E-state index contributed by atoms with van der Waals surface area (Å²) < 4.78 is 19.0. The van der Waals surface area contributed by atoms with Crippen LogP contribution in [0.4, 0.5) is 4.39 Å². The van der Waals surface area contributed by atoms with Crippen LogP contribution in [0, 0.1) is 12.7 Å². The van der Waals surface area contributed by atoms with Gasteiger partial charge >= 0.3 is 0 Å². The maximum absolute atomic E-state index is 13.8. The first kappa shape index (κ1) is 26.4. The third-order valence-corrected chi connectivity index (χ3v) is 7.00. The van der Waals surface area contributed by atoms with Crippen molar-refractivity contribution in [1.29, 1.82) is 0 Å². The number of ether oxygens (including phenoxy) is 1. The van der Waals surface area contributed by atoms with Crippen molar-refractivity contribution in [3.05, 3.63) is 101 Å². The van der Waals surface area contributed by atoms with E-state index in [9.17, 15) is 14.0 Å². The lowest BCUT2D eigenvalue weighted by Crippen LogP contribution is -2.53. The number of benzene rings is 3. The normalized spacial score (nSPS) is 14.5. The molecule has 4 rings (SSSR count). The van der Waals surface area contributed by atoms with Gasteiger partial charge in [-0.2, -0.15) is 0 Å². The van der Waals surface area contributed by atoms with Gasteiger partial charge in [0.15, 0.2) is 6.61 Å². The molecule has 194 valence electrons. The average molecular weight is 503 g/mol. The van der Waals surface area contributed by atoms with Gasteiger partial charge in [0.05, 0.1) is 0 Å². The Kier molecular flexibility index (Phi) is 9.30. The highest BCUT2D eigenvalue weighted by Gasteiger charge is 2.32. The van der Waals surface area contributed by atoms with Crippen molar-refractivity contribution < 1.29 is 18.7 Å². The summed E-state index contributed by atoms with van der Waals surface area (Å²) in [6.07, 6.45) is 5.72. The van der Waals surface area contributed by atoms with Crippen molar-refractivity contribution >= 4 is 11.8 Å². The molecule has 3 aromatic rings. The van der Waals surface area contributed by atoms with E-state index in [1.807, 2.05) is 61.5 Å². The summed E-state index contributed by atoms with van der Waals surface area (Å²) in [5.74, 6) is -0.411. The second-order valence-corrected chi connectivity index (χ2v) is 9.74. The van der Waals surface area contributed by atoms with Gasteiger partial charge in [-0.3, -0.25) is 9.59 Å². The molecule has 2 amide bonds. The summed E-state index contributed by atoms with van der Waals surface area (Å²) in [6, 6.07) is 22.7. The number of carbonyl (C=O) groups is 2. The summed E-state index contributed by atoms with van der Waals surface area (Å²) in [5.41, 5.74) is 3.00. The van der Waals surface area contributed by atoms with Gasteiger partial charge in [0, 0.05) is 19.0 Å². The monoisotopic (exact) mass is 502 g/mol. The molecular formula is C31H35FN2O3. The molecule has 0 aliphatic heterocycles. The predicted octanol–water partition coefficient (Wildman–Crippen LogP) is 5.60. The van der Waals surface area contributed by atoms with Gasteiger partial charge in [-0.1, -0.05) is 73.9 Å². The van der Waals surface area contributed by atoms with E-state index in [2.05, 4.69) is 5.32 Å². The number of halogens is 1. The lowest BCUT2D eigenvalue weighted by Gasteiger charge is -2.33. The first-order valence-electron chi connectivity index (χ1n) is 13.1. The van der Waals surface area contributed by atoms with Gasteiger partial charge in [0.2, 0.25) is 5.91 Å². The van der Waals surface area contributed by atoms with Gasteiger partial charge in [0.25, 0.3) is 5.91 Å². The first-order chi connectivity index (χ1) is 18.0. The maximum Gasteiger partial charge on any atom is 0.261 e. The zero-order valence-corrected chi connectivity index (χ0v) is 21.4. The van der Waals surface area contributed by atoms with Crippen LogP contribution in [0.25, 0.3) is 0 Å². The summed E-state index contributed by atoms with van der Waals surface area (Å²) in [4.78, 5) is 29.1. The first-order valence-corrected chi connectivity index (χ1v) is 13.1. The molecule has 0 aromatic heterocycles. The van der Waals surface area contributed by atoms with Crippen LogP contribution >= 0.6 is 0 Å². The zero-order valence-electron chi connectivity index (χ0n) is 21.4. The van der Waals surface area contributed by atoms with Crippen molar-refractivity contribution in [2.24, 2.45) is 0 Å². The van der Waals surface area contributed by atoms with Crippen molar-refractivity contribution in [2.75, 3.05) is 6.61 Å². The van der Waals surface area contributed by atoms with E-state index in [1.54, 1.807) is 4.90 Å². The van der Waals surface area contributed by atoms with Crippen molar-refractivity contribution in [3.63, 3.8) is 0 Å². The Labute approximate surface area is 218 Å². The van der Waals surface area contributed by atoms with Crippen LogP contribution in [0.1, 0.15) is 48.8 Å². The third-order valence-electron chi connectivity index (χ3n) is 7.00. The summed E-state index contributed by atoms with van der Waals surface area (Å²) in [7, 11) is 0. The standard InChI is InChI=1S/C31H35FN2O3/c1-23-10-8-9-13-25(23)21-34(30(35)22-37-28-18-16-26(32)17-19-28)29(20-24-11-4-2-5-12-24)31(36)33-27-14-6-3-7-15-27/h2,4-5,8-13,16-19,27,29H,3,6-7,14-15,20-22H2,1H3,(H,33,36)/t29-/m1/s1. The number of nitrogens with zero attached hydrogens (tertiary/aromatic N) is 1. The lowest BCUT2D eigenvalue weighted by molar-refractivity contribution is -0.143. The Morgan fingerprint density at radius 3 is 2.32 bits per heavy atom. The number of amides is 2. The van der Waals surface area contributed by atoms with Crippen molar-refractivity contribution in [3.8, 4) is 5.75 Å². The van der Waals surface area contributed by atoms with Crippen LogP contribution in [0.2, 0.25) is 0 Å². The molecule has 0 bridgehead atoms. The van der Waals surface area contributed by atoms with Crippen molar-refractivity contribution in [1.82, 2.24) is 10.2 Å². The molecular weight excluding hydrogens is 467 g/mol. The SMILES string of the molecule is Cc1ccccc1CN(C(=O)COc1ccc(F)cc1)[C@H](Cc1ccccc1)C(=O)NC1CCCCC1. The number of rotatable bonds is 10. The largest absolute Gasteiger partial charge is 0.484 e. The molecule has 37 heavy (non-hydrogen) atoms. The van der Waals surface area contributed by atoms with Gasteiger partial charge in [-0.25, -0.2) is 4.39 Å². The molecule has 1 aliphatic carbocycles. The molecule has 1 atom stereocenters. The van der Waals surface area contributed by atoms with Crippen LogP contribution in [-0.4, -0.2) is 35.4 Å². The molecule has 3 aromatic carbocycles. The molecule has 0 unspecified atom stereocenters. The fourth-order valence-electron chi connectivity index (χ4n) is 4.83. The number of carbonyl (C=O) groups excluding carboxylic acids is 2. The van der Waals surface area contributed by atoms with Crippen LogP contribution in [0.15, 0.2) is 78.9 Å². The number of hydrogen-bond acceptors (Lipinski definition) is 3. The quantitative estimate of drug-likeness (QED) is 0.393. The molecule has 1 saturated carbocycles. The Morgan fingerprint density at radius 1 is 0.946 bits per heavy atom. The molecule has 0 spiro atoms. The minimum atomic E-state index is -0.701. The summed E-state index contributed by atoms with van der Waals surface area (Å²) >= 11 is 0. The number of nitrogens with one attached hydrogen (secondary N) is 1. The molecule has 5 nitrogen and oxygen atoms in total. The molecule has 0 radical (unpaired) electrons. The Bertz CT molecular complexity index is 1160. The highest BCUT2D eigenvalue weighted by Crippen LogP contribution is 2.21. The second kappa shape index (κ2) is 13.0. The van der Waals surface area contributed by atoms with E-state index in [-0.39, 0.29) is 36.8 Å². The molecule has 1 fully saturated rings. The fourth-order valence-corrected chi connectivity index (χ4v) is 4.83. The van der Waals surface area contributed by atoms with Gasteiger partial charge in [-0.05, 0) is 60.7 Å². The van der Waals surface area contributed by atoms with E-state index in [0.29, 0.717) is 12.2 Å². The van der Waals surface area contributed by atoms with Crippen LogP contribution in [0.3, 0.4) is 0 Å². The van der Waals surface area contributed by atoms with Crippen LogP contribution < -0.4 is 10.1 Å². The molecule has 0 saturated heterocycles. The minimum absolute atomic E-state index is 0.130. The Hall–Kier alpha value is -3.67. The average Bonchev–Trinajstić information content (AvgIpc) is 2.92. The molecule has 1 aliphatic rings. The van der Waals surface area contributed by atoms with E-state index >= 15 is 0 Å². The number of hydrogen-bond donors (Lipinski definition) is 1. The Morgan fingerprint density at radius 2 is 1.62 bits per heavy atom. The maximum atomic E-state index is 13.8. The van der Waals surface area contributed by atoms with Crippen molar-refractivity contribution in [2.45, 2.75) is 64.1 Å². The second-order valence-electron chi connectivity index (χ2n) is 9.74. The van der Waals surface area contributed by atoms with E-state index in [4.69, 9.17) is 4.74 Å². The van der Waals surface area contributed by atoms with Gasteiger partial charge in [-0.15, -0.1) is 0 Å². The highest BCUT2D eigenvalue weighted by atomic mass is 19.1. The van der Waals surface area contributed by atoms with E-state index in [0.717, 1.165) is 42.4 Å². The van der Waals surface area contributed by atoms with Crippen LogP contribution in [-0.2, 0) is 22.6 Å². The van der Waals surface area contributed by atoms with Crippen LogP contribution in [0.5, 0.6) is 5.75 Å². The van der Waals surface area contributed by atoms with Gasteiger partial charge < -0.3 is 15.0 Å². The fraction of sp³-hybridized carbons (Fsp3) is 0.355.